The Kier molecular flexibility index (Phi) is 6.59. The predicted molar refractivity (Wildman–Crippen MR) is 109 cm³/mol. The first-order chi connectivity index (χ1) is 13.4. The van der Waals surface area contributed by atoms with Gasteiger partial charge in [0, 0.05) is 29.4 Å². The van der Waals surface area contributed by atoms with Gasteiger partial charge in [-0.05, 0) is 49.2 Å². The van der Waals surface area contributed by atoms with Crippen molar-refractivity contribution in [3.05, 3.63) is 53.1 Å². The fourth-order valence-electron chi connectivity index (χ4n) is 3.25. The number of carbonyl (C=O) groups excluding carboxylic acids is 1. The average molecular weight is 423 g/mol. The van der Waals surface area contributed by atoms with Crippen molar-refractivity contribution >= 4 is 33.2 Å². The molecule has 1 saturated heterocycles. The van der Waals surface area contributed by atoms with Gasteiger partial charge < -0.3 is 10.1 Å². The van der Waals surface area contributed by atoms with Gasteiger partial charge >= 0.3 is 0 Å². The SMILES string of the molecule is COc1ccc(Cl)cc1CC(=O)Nc1cccc(S(=O)(=O)N2CCCCC2)c1. The van der Waals surface area contributed by atoms with E-state index in [0.29, 0.717) is 35.1 Å². The van der Waals surface area contributed by atoms with Gasteiger partial charge in [0.15, 0.2) is 0 Å². The van der Waals surface area contributed by atoms with Crippen molar-refractivity contribution in [1.82, 2.24) is 4.31 Å². The van der Waals surface area contributed by atoms with Crippen LogP contribution in [0.25, 0.3) is 0 Å². The third-order valence-corrected chi connectivity index (χ3v) is 6.79. The highest BCUT2D eigenvalue weighted by Crippen LogP contribution is 2.25. The highest BCUT2D eigenvalue weighted by atomic mass is 35.5. The van der Waals surface area contributed by atoms with Crippen molar-refractivity contribution in [2.24, 2.45) is 0 Å². The second-order valence-corrected chi connectivity index (χ2v) is 9.05. The van der Waals surface area contributed by atoms with E-state index in [1.165, 1.54) is 17.5 Å². The molecule has 2 aromatic carbocycles. The summed E-state index contributed by atoms with van der Waals surface area (Å²) in [4.78, 5) is 12.6. The van der Waals surface area contributed by atoms with Crippen LogP contribution in [0.2, 0.25) is 5.02 Å². The molecular formula is C20H23ClN2O4S. The van der Waals surface area contributed by atoms with Crippen molar-refractivity contribution < 1.29 is 17.9 Å². The monoisotopic (exact) mass is 422 g/mol. The van der Waals surface area contributed by atoms with E-state index in [9.17, 15) is 13.2 Å². The van der Waals surface area contributed by atoms with Gasteiger partial charge in [0.25, 0.3) is 0 Å². The number of amides is 1. The van der Waals surface area contributed by atoms with Crippen LogP contribution in [-0.2, 0) is 21.2 Å². The first-order valence-corrected chi connectivity index (χ1v) is 10.9. The molecule has 1 N–H and O–H groups in total. The zero-order valence-electron chi connectivity index (χ0n) is 15.7. The number of benzene rings is 2. The minimum Gasteiger partial charge on any atom is -0.496 e. The number of carbonyl (C=O) groups is 1. The maximum absolute atomic E-state index is 12.8. The summed E-state index contributed by atoms with van der Waals surface area (Å²) in [5, 5.41) is 3.27. The lowest BCUT2D eigenvalue weighted by Gasteiger charge is -2.26. The van der Waals surface area contributed by atoms with Crippen molar-refractivity contribution in [2.45, 2.75) is 30.6 Å². The largest absolute Gasteiger partial charge is 0.496 e. The summed E-state index contributed by atoms with van der Waals surface area (Å²) in [6.45, 7) is 1.07. The number of piperidine rings is 1. The second kappa shape index (κ2) is 8.94. The summed E-state index contributed by atoms with van der Waals surface area (Å²) in [6.07, 6.45) is 2.86. The van der Waals surface area contributed by atoms with Gasteiger partial charge in [0.05, 0.1) is 18.4 Å². The van der Waals surface area contributed by atoms with E-state index in [2.05, 4.69) is 5.32 Å². The summed E-state index contributed by atoms with van der Waals surface area (Å²) in [6, 6.07) is 11.4. The van der Waals surface area contributed by atoms with Crippen LogP contribution >= 0.6 is 11.6 Å². The topological polar surface area (TPSA) is 75.7 Å². The van der Waals surface area contributed by atoms with Crippen LogP contribution in [0.4, 0.5) is 5.69 Å². The average Bonchev–Trinajstić information content (AvgIpc) is 2.69. The number of halogens is 1. The molecule has 6 nitrogen and oxygen atoms in total. The first kappa shape index (κ1) is 20.6. The maximum atomic E-state index is 12.8. The van der Waals surface area contributed by atoms with Crippen LogP contribution in [0.3, 0.4) is 0 Å². The minimum atomic E-state index is -3.55. The molecule has 0 spiro atoms. The van der Waals surface area contributed by atoms with E-state index in [0.717, 1.165) is 19.3 Å². The molecule has 1 amide bonds. The molecule has 1 heterocycles. The molecular weight excluding hydrogens is 400 g/mol. The summed E-state index contributed by atoms with van der Waals surface area (Å²) in [5.41, 5.74) is 1.09. The van der Waals surface area contributed by atoms with Crippen LogP contribution in [0.15, 0.2) is 47.4 Å². The van der Waals surface area contributed by atoms with Gasteiger partial charge in [-0.25, -0.2) is 8.42 Å². The number of methoxy groups -OCH3 is 1. The quantitative estimate of drug-likeness (QED) is 0.770. The fraction of sp³-hybridized carbons (Fsp3) is 0.350. The van der Waals surface area contributed by atoms with Crippen LogP contribution < -0.4 is 10.1 Å². The number of sulfonamides is 1. The molecule has 0 radical (unpaired) electrons. The van der Waals surface area contributed by atoms with Crippen LogP contribution in [-0.4, -0.2) is 38.8 Å². The zero-order valence-corrected chi connectivity index (χ0v) is 17.2. The summed E-state index contributed by atoms with van der Waals surface area (Å²) >= 11 is 6.00. The Morgan fingerprint density at radius 3 is 2.61 bits per heavy atom. The van der Waals surface area contributed by atoms with E-state index in [1.54, 1.807) is 36.4 Å². The molecule has 1 aliphatic heterocycles. The van der Waals surface area contributed by atoms with Gasteiger partial charge in [-0.15, -0.1) is 0 Å². The standard InChI is InChI=1S/C20H23ClN2O4S/c1-27-19-9-8-16(21)12-15(19)13-20(24)22-17-6-5-7-18(14-17)28(25,26)23-10-3-2-4-11-23/h5-9,12,14H,2-4,10-11,13H2,1H3,(H,22,24). The molecule has 2 aromatic rings. The van der Waals surface area contributed by atoms with E-state index in [-0.39, 0.29) is 17.2 Å². The van der Waals surface area contributed by atoms with Gasteiger partial charge in [-0.3, -0.25) is 4.79 Å². The summed E-state index contributed by atoms with van der Waals surface area (Å²) in [5.74, 6) is 0.286. The Balaban J connectivity index is 1.74. The van der Waals surface area contributed by atoms with Crippen molar-refractivity contribution in [3.63, 3.8) is 0 Å². The van der Waals surface area contributed by atoms with Gasteiger partial charge in [0.1, 0.15) is 5.75 Å². The lowest BCUT2D eigenvalue weighted by atomic mass is 10.1. The Bertz CT molecular complexity index is 956. The van der Waals surface area contributed by atoms with Gasteiger partial charge in [-0.2, -0.15) is 4.31 Å². The number of hydrogen-bond acceptors (Lipinski definition) is 4. The number of hydrogen-bond donors (Lipinski definition) is 1. The number of anilines is 1. The smallest absolute Gasteiger partial charge is 0.243 e. The summed E-state index contributed by atoms with van der Waals surface area (Å²) in [7, 11) is -2.02. The highest BCUT2D eigenvalue weighted by molar-refractivity contribution is 7.89. The van der Waals surface area contributed by atoms with E-state index in [1.807, 2.05) is 0 Å². The molecule has 3 rings (SSSR count). The molecule has 0 aliphatic carbocycles. The molecule has 0 aromatic heterocycles. The zero-order chi connectivity index (χ0) is 20.1. The lowest BCUT2D eigenvalue weighted by Crippen LogP contribution is -2.35. The van der Waals surface area contributed by atoms with Crippen LogP contribution in [0, 0.1) is 0 Å². The van der Waals surface area contributed by atoms with Gasteiger partial charge in [0.2, 0.25) is 15.9 Å². The maximum Gasteiger partial charge on any atom is 0.243 e. The number of nitrogens with one attached hydrogen (secondary N) is 1. The Hall–Kier alpha value is -2.09. The summed E-state index contributed by atoms with van der Waals surface area (Å²) < 4.78 is 32.4. The number of nitrogens with zero attached hydrogens (tertiary/aromatic N) is 1. The minimum absolute atomic E-state index is 0.0623. The van der Waals surface area contributed by atoms with Crippen molar-refractivity contribution in [3.8, 4) is 5.75 Å². The molecule has 8 heteroatoms. The fourth-order valence-corrected chi connectivity index (χ4v) is 5.01. The molecule has 28 heavy (non-hydrogen) atoms. The molecule has 0 unspecified atom stereocenters. The van der Waals surface area contributed by atoms with E-state index < -0.39 is 10.0 Å². The molecule has 1 aliphatic rings. The Morgan fingerprint density at radius 2 is 1.89 bits per heavy atom. The second-order valence-electron chi connectivity index (χ2n) is 6.67. The highest BCUT2D eigenvalue weighted by Gasteiger charge is 2.26. The molecule has 0 saturated carbocycles. The molecule has 0 atom stereocenters. The van der Waals surface area contributed by atoms with E-state index >= 15 is 0 Å². The molecule has 1 fully saturated rings. The Labute approximate surface area is 170 Å². The molecule has 0 bridgehead atoms. The number of ether oxygens (including phenoxy) is 1. The van der Waals surface area contributed by atoms with Crippen molar-refractivity contribution in [1.29, 1.82) is 0 Å². The van der Waals surface area contributed by atoms with E-state index in [4.69, 9.17) is 16.3 Å². The Morgan fingerprint density at radius 1 is 1.14 bits per heavy atom. The number of rotatable bonds is 6. The molecule has 150 valence electrons. The van der Waals surface area contributed by atoms with Crippen LogP contribution in [0.1, 0.15) is 24.8 Å². The van der Waals surface area contributed by atoms with Crippen molar-refractivity contribution in [2.75, 3.05) is 25.5 Å². The third kappa shape index (κ3) is 4.84. The third-order valence-electron chi connectivity index (χ3n) is 4.66. The first-order valence-electron chi connectivity index (χ1n) is 9.12. The normalized spacial score (nSPS) is 15.2. The predicted octanol–water partition coefficient (Wildman–Crippen LogP) is 3.70. The van der Waals surface area contributed by atoms with Gasteiger partial charge in [-0.1, -0.05) is 24.1 Å². The lowest BCUT2D eigenvalue weighted by molar-refractivity contribution is -0.115. The van der Waals surface area contributed by atoms with Crippen LogP contribution in [0.5, 0.6) is 5.75 Å².